The standard InChI is InChI=1S/C21H25N3S/c1-16-17(18-8-3-4-9-19(18)23-16)12-13-22-20-10-5-6-11-21(20)24(2)14-7-15-25/h3-6,8-13,22-23,25H,7,14-15H2,1-2H3/b13-12+. The predicted molar refractivity (Wildman–Crippen MR) is 114 cm³/mol. The van der Waals surface area contributed by atoms with Crippen LogP contribution in [0.15, 0.2) is 54.7 Å². The second-order valence-corrected chi connectivity index (χ2v) is 6.65. The van der Waals surface area contributed by atoms with Gasteiger partial charge in [0.05, 0.1) is 11.4 Å². The summed E-state index contributed by atoms with van der Waals surface area (Å²) in [5.41, 5.74) is 5.89. The number of anilines is 2. The molecule has 0 saturated heterocycles. The largest absolute Gasteiger partial charge is 0.373 e. The lowest BCUT2D eigenvalue weighted by molar-refractivity contribution is 0.862. The average Bonchev–Trinajstić information content (AvgIpc) is 2.95. The van der Waals surface area contributed by atoms with E-state index in [1.807, 2.05) is 6.20 Å². The lowest BCUT2D eigenvalue weighted by Gasteiger charge is -2.22. The Morgan fingerprint density at radius 2 is 1.88 bits per heavy atom. The van der Waals surface area contributed by atoms with Gasteiger partial charge in [-0.3, -0.25) is 0 Å². The van der Waals surface area contributed by atoms with Crippen molar-refractivity contribution in [2.45, 2.75) is 13.3 Å². The van der Waals surface area contributed by atoms with E-state index in [1.165, 1.54) is 27.8 Å². The maximum absolute atomic E-state index is 4.31. The molecule has 0 aliphatic heterocycles. The maximum Gasteiger partial charge on any atom is 0.0617 e. The van der Waals surface area contributed by atoms with Gasteiger partial charge in [0.1, 0.15) is 0 Å². The number of H-pyrrole nitrogens is 1. The van der Waals surface area contributed by atoms with Crippen LogP contribution in [0.1, 0.15) is 17.7 Å². The Kier molecular flexibility index (Phi) is 5.71. The number of thiol groups is 1. The molecule has 0 atom stereocenters. The van der Waals surface area contributed by atoms with Crippen LogP contribution in [0.4, 0.5) is 11.4 Å². The third kappa shape index (κ3) is 4.02. The number of aromatic amines is 1. The van der Waals surface area contributed by atoms with Crippen molar-refractivity contribution in [3.63, 3.8) is 0 Å². The third-order valence-electron chi connectivity index (χ3n) is 4.40. The summed E-state index contributed by atoms with van der Waals surface area (Å²) in [5.74, 6) is 0.902. The fraction of sp³-hybridized carbons (Fsp3) is 0.238. The van der Waals surface area contributed by atoms with Crippen molar-refractivity contribution in [3.05, 3.63) is 66.0 Å². The van der Waals surface area contributed by atoms with Crippen molar-refractivity contribution in [2.75, 3.05) is 29.6 Å². The molecule has 0 unspecified atom stereocenters. The first-order chi connectivity index (χ1) is 12.2. The molecule has 0 spiro atoms. The van der Waals surface area contributed by atoms with Crippen molar-refractivity contribution >= 4 is 41.0 Å². The van der Waals surface area contributed by atoms with Crippen molar-refractivity contribution in [3.8, 4) is 0 Å². The van der Waals surface area contributed by atoms with E-state index in [2.05, 4.69) is 96.4 Å². The van der Waals surface area contributed by atoms with E-state index in [4.69, 9.17) is 0 Å². The molecule has 0 fully saturated rings. The summed E-state index contributed by atoms with van der Waals surface area (Å²) < 4.78 is 0. The fourth-order valence-electron chi connectivity index (χ4n) is 3.08. The molecule has 2 aromatic carbocycles. The Morgan fingerprint density at radius 1 is 1.12 bits per heavy atom. The van der Waals surface area contributed by atoms with E-state index in [0.29, 0.717) is 0 Å². The highest BCUT2D eigenvalue weighted by Gasteiger charge is 2.06. The minimum atomic E-state index is 0.902. The van der Waals surface area contributed by atoms with E-state index in [9.17, 15) is 0 Å². The van der Waals surface area contributed by atoms with Gasteiger partial charge >= 0.3 is 0 Å². The topological polar surface area (TPSA) is 31.1 Å². The van der Waals surface area contributed by atoms with Crippen molar-refractivity contribution in [2.24, 2.45) is 0 Å². The summed E-state index contributed by atoms with van der Waals surface area (Å²) >= 11 is 4.31. The Bertz CT molecular complexity index is 866. The van der Waals surface area contributed by atoms with Crippen molar-refractivity contribution in [1.29, 1.82) is 0 Å². The number of benzene rings is 2. The average molecular weight is 352 g/mol. The molecular weight excluding hydrogens is 326 g/mol. The summed E-state index contributed by atoms with van der Waals surface area (Å²) in [6.45, 7) is 3.10. The first kappa shape index (κ1) is 17.5. The monoisotopic (exact) mass is 351 g/mol. The highest BCUT2D eigenvalue weighted by Crippen LogP contribution is 2.26. The number of fused-ring (bicyclic) bond motifs is 1. The molecular formula is C21H25N3S. The van der Waals surface area contributed by atoms with Gasteiger partial charge in [0.15, 0.2) is 0 Å². The van der Waals surface area contributed by atoms with Crippen LogP contribution < -0.4 is 10.2 Å². The van der Waals surface area contributed by atoms with Gasteiger partial charge in [0.25, 0.3) is 0 Å². The molecule has 0 aliphatic rings. The van der Waals surface area contributed by atoms with E-state index in [0.717, 1.165) is 24.4 Å². The van der Waals surface area contributed by atoms with Gasteiger partial charge < -0.3 is 15.2 Å². The second kappa shape index (κ2) is 8.17. The van der Waals surface area contributed by atoms with Gasteiger partial charge in [-0.25, -0.2) is 0 Å². The van der Waals surface area contributed by atoms with Crippen molar-refractivity contribution in [1.82, 2.24) is 4.98 Å². The molecule has 0 bridgehead atoms. The second-order valence-electron chi connectivity index (χ2n) is 6.20. The zero-order valence-electron chi connectivity index (χ0n) is 14.8. The lowest BCUT2D eigenvalue weighted by Crippen LogP contribution is -2.19. The molecule has 0 amide bonds. The van der Waals surface area contributed by atoms with Crippen LogP contribution in [0.2, 0.25) is 0 Å². The quantitative estimate of drug-likeness (QED) is 0.504. The number of aromatic nitrogens is 1. The summed E-state index contributed by atoms with van der Waals surface area (Å²) in [6.07, 6.45) is 5.23. The Morgan fingerprint density at radius 3 is 2.72 bits per heavy atom. The smallest absolute Gasteiger partial charge is 0.0617 e. The van der Waals surface area contributed by atoms with Gasteiger partial charge in [-0.1, -0.05) is 30.3 Å². The molecule has 1 aromatic heterocycles. The highest BCUT2D eigenvalue weighted by atomic mass is 32.1. The molecule has 1 heterocycles. The normalized spacial score (nSPS) is 11.3. The van der Waals surface area contributed by atoms with E-state index in [1.54, 1.807) is 0 Å². The van der Waals surface area contributed by atoms with E-state index >= 15 is 0 Å². The lowest BCUT2D eigenvalue weighted by atomic mass is 10.1. The van der Waals surface area contributed by atoms with Crippen LogP contribution in [0.5, 0.6) is 0 Å². The molecule has 3 aromatic rings. The van der Waals surface area contributed by atoms with Gasteiger partial charge in [-0.2, -0.15) is 12.6 Å². The first-order valence-electron chi connectivity index (χ1n) is 8.62. The molecule has 25 heavy (non-hydrogen) atoms. The van der Waals surface area contributed by atoms with Gasteiger partial charge in [0.2, 0.25) is 0 Å². The van der Waals surface area contributed by atoms with Crippen LogP contribution >= 0.6 is 12.6 Å². The SMILES string of the molecule is Cc1[nH]c2ccccc2c1/C=C/Nc1ccccc1N(C)CCCS. The first-order valence-corrected chi connectivity index (χ1v) is 9.25. The summed E-state index contributed by atoms with van der Waals surface area (Å²) in [5, 5.41) is 4.69. The number of nitrogens with one attached hydrogen (secondary N) is 2. The highest BCUT2D eigenvalue weighted by molar-refractivity contribution is 7.80. The molecule has 0 saturated carbocycles. The number of nitrogens with zero attached hydrogens (tertiary/aromatic N) is 1. The van der Waals surface area contributed by atoms with Crippen LogP contribution in [0.3, 0.4) is 0 Å². The fourth-order valence-corrected chi connectivity index (χ4v) is 3.23. The number of para-hydroxylation sites is 3. The van der Waals surface area contributed by atoms with E-state index < -0.39 is 0 Å². The summed E-state index contributed by atoms with van der Waals surface area (Å²) in [4.78, 5) is 5.70. The van der Waals surface area contributed by atoms with Crippen LogP contribution in [-0.4, -0.2) is 24.3 Å². The Labute approximate surface area is 155 Å². The summed E-state index contributed by atoms with van der Waals surface area (Å²) in [7, 11) is 2.12. The van der Waals surface area contributed by atoms with Crippen molar-refractivity contribution < 1.29 is 0 Å². The molecule has 0 radical (unpaired) electrons. The summed E-state index contributed by atoms with van der Waals surface area (Å²) in [6, 6.07) is 16.8. The number of hydrogen-bond donors (Lipinski definition) is 3. The van der Waals surface area contributed by atoms with Gasteiger partial charge in [0, 0.05) is 42.0 Å². The molecule has 130 valence electrons. The maximum atomic E-state index is 4.31. The Balaban J connectivity index is 1.79. The van der Waals surface area contributed by atoms with Gasteiger partial charge in [-0.15, -0.1) is 0 Å². The minimum absolute atomic E-state index is 0.902. The molecule has 0 aliphatic carbocycles. The molecule has 4 heteroatoms. The molecule has 2 N–H and O–H groups in total. The molecule has 3 rings (SSSR count). The zero-order valence-corrected chi connectivity index (χ0v) is 15.7. The van der Waals surface area contributed by atoms with Gasteiger partial charge in [-0.05, 0) is 43.4 Å². The number of aryl methyl sites for hydroxylation is 1. The van der Waals surface area contributed by atoms with Crippen LogP contribution in [0.25, 0.3) is 17.0 Å². The third-order valence-corrected chi connectivity index (χ3v) is 4.72. The minimum Gasteiger partial charge on any atom is -0.373 e. The van der Waals surface area contributed by atoms with Crippen LogP contribution in [0, 0.1) is 6.92 Å². The van der Waals surface area contributed by atoms with E-state index in [-0.39, 0.29) is 0 Å². The zero-order chi connectivity index (χ0) is 17.6. The predicted octanol–water partition coefficient (Wildman–Crippen LogP) is 5.32. The molecule has 3 nitrogen and oxygen atoms in total. The van der Waals surface area contributed by atoms with Crippen LogP contribution in [-0.2, 0) is 0 Å². The number of rotatable bonds is 7. The number of hydrogen-bond acceptors (Lipinski definition) is 3. The Hall–Kier alpha value is -2.33.